The van der Waals surface area contributed by atoms with Gasteiger partial charge in [-0.3, -0.25) is 9.48 Å². The van der Waals surface area contributed by atoms with Crippen molar-refractivity contribution in [1.29, 1.82) is 0 Å². The van der Waals surface area contributed by atoms with Crippen LogP contribution in [0.25, 0.3) is 0 Å². The molecule has 1 aromatic rings. The molecule has 8 nitrogen and oxygen atoms in total. The van der Waals surface area contributed by atoms with Crippen LogP contribution >= 0.6 is 0 Å². The Kier molecular flexibility index (Phi) is 4.17. The molecule has 0 aromatic carbocycles. The van der Waals surface area contributed by atoms with Crippen LogP contribution in [-0.2, 0) is 21.9 Å². The summed E-state index contributed by atoms with van der Waals surface area (Å²) in [5, 5.41) is 6.96. The molecular formula is C10H17N5O3S. The lowest BCUT2D eigenvalue weighted by Crippen LogP contribution is -2.49. The first-order valence-electron chi connectivity index (χ1n) is 5.97. The minimum absolute atomic E-state index is 0.0422. The fourth-order valence-corrected chi connectivity index (χ4v) is 2.98. The van der Waals surface area contributed by atoms with E-state index in [4.69, 9.17) is 0 Å². The topological polar surface area (TPSA) is 96.3 Å². The molecule has 2 heterocycles. The van der Waals surface area contributed by atoms with Gasteiger partial charge in [0.05, 0.1) is 12.7 Å². The molecule has 0 aliphatic carbocycles. The zero-order valence-electron chi connectivity index (χ0n) is 10.7. The van der Waals surface area contributed by atoms with Crippen molar-refractivity contribution in [2.45, 2.75) is 5.03 Å². The Morgan fingerprint density at radius 2 is 2.16 bits per heavy atom. The third-order valence-corrected chi connectivity index (χ3v) is 4.41. The van der Waals surface area contributed by atoms with Crippen molar-refractivity contribution < 1.29 is 13.2 Å². The van der Waals surface area contributed by atoms with E-state index in [0.29, 0.717) is 13.1 Å². The highest BCUT2D eigenvalue weighted by atomic mass is 32.2. The first-order valence-corrected chi connectivity index (χ1v) is 7.45. The highest BCUT2D eigenvalue weighted by Gasteiger charge is 2.21. The van der Waals surface area contributed by atoms with Crippen LogP contribution in [0.5, 0.6) is 0 Å². The van der Waals surface area contributed by atoms with E-state index < -0.39 is 10.0 Å². The van der Waals surface area contributed by atoms with E-state index in [2.05, 4.69) is 15.1 Å². The van der Waals surface area contributed by atoms with Gasteiger partial charge in [0, 0.05) is 33.2 Å². The van der Waals surface area contributed by atoms with Crippen LogP contribution in [0.15, 0.2) is 17.3 Å². The molecule has 1 saturated heterocycles. The fraction of sp³-hybridized carbons (Fsp3) is 0.600. The third-order valence-electron chi connectivity index (χ3n) is 2.93. The average molecular weight is 287 g/mol. The normalized spacial score (nSPS) is 16.6. The summed E-state index contributed by atoms with van der Waals surface area (Å²) in [6.45, 7) is 2.45. The molecule has 1 aliphatic rings. The lowest BCUT2D eigenvalue weighted by Gasteiger charge is -2.27. The second kappa shape index (κ2) is 5.68. The zero-order chi connectivity index (χ0) is 13.9. The Labute approximate surface area is 111 Å². The van der Waals surface area contributed by atoms with Crippen LogP contribution < -0.4 is 10.0 Å². The molecule has 0 bridgehead atoms. The van der Waals surface area contributed by atoms with Crippen molar-refractivity contribution in [3.05, 3.63) is 12.3 Å². The number of nitrogens with one attached hydrogen (secondary N) is 2. The minimum Gasteiger partial charge on any atom is -0.339 e. The van der Waals surface area contributed by atoms with Crippen LogP contribution in [0.3, 0.4) is 0 Å². The van der Waals surface area contributed by atoms with E-state index in [-0.39, 0.29) is 17.5 Å². The number of hydrogen-bond donors (Lipinski definition) is 2. The van der Waals surface area contributed by atoms with Crippen LogP contribution in [0.2, 0.25) is 0 Å². The second-order valence-corrected chi connectivity index (χ2v) is 5.96. The van der Waals surface area contributed by atoms with Gasteiger partial charge in [0.15, 0.2) is 5.03 Å². The fourth-order valence-electron chi connectivity index (χ4n) is 1.88. The number of carbonyl (C=O) groups excluding carboxylic acids is 1. The largest absolute Gasteiger partial charge is 0.339 e. The molecule has 1 fully saturated rings. The minimum atomic E-state index is -3.69. The summed E-state index contributed by atoms with van der Waals surface area (Å²) in [7, 11) is -2.16. The molecule has 19 heavy (non-hydrogen) atoms. The Hall–Kier alpha value is -1.45. The maximum absolute atomic E-state index is 11.9. The predicted molar refractivity (Wildman–Crippen MR) is 67.8 cm³/mol. The van der Waals surface area contributed by atoms with Gasteiger partial charge < -0.3 is 10.2 Å². The van der Waals surface area contributed by atoms with Crippen molar-refractivity contribution in [3.8, 4) is 0 Å². The molecule has 106 valence electrons. The Morgan fingerprint density at radius 1 is 1.47 bits per heavy atom. The molecule has 0 unspecified atom stereocenters. The molecule has 0 spiro atoms. The van der Waals surface area contributed by atoms with E-state index in [1.165, 1.54) is 24.0 Å². The number of carbonyl (C=O) groups is 1. The van der Waals surface area contributed by atoms with Crippen molar-refractivity contribution in [1.82, 2.24) is 24.7 Å². The average Bonchev–Trinajstić information content (AvgIpc) is 2.84. The van der Waals surface area contributed by atoms with Crippen molar-refractivity contribution >= 4 is 15.9 Å². The number of aromatic nitrogens is 2. The summed E-state index contributed by atoms with van der Waals surface area (Å²) in [4.78, 5) is 13.5. The molecule has 0 atom stereocenters. The SMILES string of the molecule is Cn1nccc1S(=O)(=O)NCC(=O)N1CCNCC1. The first kappa shape index (κ1) is 14.0. The van der Waals surface area contributed by atoms with Crippen LogP contribution in [-0.4, -0.2) is 61.7 Å². The molecule has 1 aliphatic heterocycles. The Morgan fingerprint density at radius 3 is 2.74 bits per heavy atom. The molecule has 0 radical (unpaired) electrons. The molecule has 0 saturated carbocycles. The van der Waals surface area contributed by atoms with E-state index in [1.807, 2.05) is 0 Å². The van der Waals surface area contributed by atoms with Crippen molar-refractivity contribution in [2.24, 2.45) is 7.05 Å². The van der Waals surface area contributed by atoms with E-state index in [1.54, 1.807) is 4.90 Å². The van der Waals surface area contributed by atoms with E-state index in [9.17, 15) is 13.2 Å². The standard InChI is InChI=1S/C10H17N5O3S/c1-14-10(2-3-12-14)19(17,18)13-8-9(16)15-6-4-11-5-7-15/h2-3,11,13H,4-8H2,1H3. The number of hydrogen-bond acceptors (Lipinski definition) is 5. The first-order chi connectivity index (χ1) is 9.00. The maximum atomic E-state index is 11.9. The summed E-state index contributed by atoms with van der Waals surface area (Å²) in [6, 6.07) is 1.39. The number of amides is 1. The third kappa shape index (κ3) is 3.31. The van der Waals surface area contributed by atoms with Gasteiger partial charge in [0.1, 0.15) is 0 Å². The van der Waals surface area contributed by atoms with E-state index >= 15 is 0 Å². The van der Waals surface area contributed by atoms with Gasteiger partial charge in [-0.25, -0.2) is 13.1 Å². The van der Waals surface area contributed by atoms with Crippen molar-refractivity contribution in [3.63, 3.8) is 0 Å². The van der Waals surface area contributed by atoms with Gasteiger partial charge in [-0.05, 0) is 6.07 Å². The summed E-state index contributed by atoms with van der Waals surface area (Å²) in [5.74, 6) is -0.216. The van der Waals surface area contributed by atoms with Gasteiger partial charge in [0.25, 0.3) is 10.0 Å². The predicted octanol–water partition coefficient (Wildman–Crippen LogP) is -1.87. The quantitative estimate of drug-likeness (QED) is 0.676. The summed E-state index contributed by atoms with van der Waals surface area (Å²) >= 11 is 0. The smallest absolute Gasteiger partial charge is 0.258 e. The van der Waals surface area contributed by atoms with Gasteiger partial charge in [-0.15, -0.1) is 0 Å². The van der Waals surface area contributed by atoms with Gasteiger partial charge in [-0.1, -0.05) is 0 Å². The van der Waals surface area contributed by atoms with Crippen LogP contribution in [0.4, 0.5) is 0 Å². The molecule has 2 N–H and O–H groups in total. The molecule has 9 heteroatoms. The molecule has 1 amide bonds. The van der Waals surface area contributed by atoms with Crippen molar-refractivity contribution in [2.75, 3.05) is 32.7 Å². The highest BCUT2D eigenvalue weighted by molar-refractivity contribution is 7.89. The summed E-state index contributed by atoms with van der Waals surface area (Å²) in [5.41, 5.74) is 0. The number of aryl methyl sites for hydroxylation is 1. The Balaban J connectivity index is 1.94. The van der Waals surface area contributed by atoms with Crippen LogP contribution in [0, 0.1) is 0 Å². The lowest BCUT2D eigenvalue weighted by atomic mass is 10.3. The molecule has 2 rings (SSSR count). The Bertz CT molecular complexity index is 547. The summed E-state index contributed by atoms with van der Waals surface area (Å²) < 4.78 is 27.4. The lowest BCUT2D eigenvalue weighted by molar-refractivity contribution is -0.130. The molecular weight excluding hydrogens is 270 g/mol. The second-order valence-electron chi connectivity index (χ2n) is 4.25. The van der Waals surface area contributed by atoms with Gasteiger partial charge in [0.2, 0.25) is 5.91 Å². The van der Waals surface area contributed by atoms with Gasteiger partial charge >= 0.3 is 0 Å². The highest BCUT2D eigenvalue weighted by Crippen LogP contribution is 2.05. The molecule has 1 aromatic heterocycles. The monoisotopic (exact) mass is 287 g/mol. The van der Waals surface area contributed by atoms with Crippen LogP contribution in [0.1, 0.15) is 0 Å². The maximum Gasteiger partial charge on any atom is 0.258 e. The zero-order valence-corrected chi connectivity index (χ0v) is 11.5. The number of piperazine rings is 1. The summed E-state index contributed by atoms with van der Waals surface area (Å²) in [6.07, 6.45) is 1.40. The number of rotatable bonds is 4. The van der Waals surface area contributed by atoms with Gasteiger partial charge in [-0.2, -0.15) is 5.10 Å². The van der Waals surface area contributed by atoms with E-state index in [0.717, 1.165) is 13.1 Å². The number of nitrogens with zero attached hydrogens (tertiary/aromatic N) is 3. The number of sulfonamides is 1.